The third kappa shape index (κ3) is 4.27. The molecule has 4 heterocycles. The maximum absolute atomic E-state index is 12.9. The van der Waals surface area contributed by atoms with Gasteiger partial charge in [-0.1, -0.05) is 18.2 Å². The number of pyridine rings is 1. The molecule has 0 saturated carbocycles. The van der Waals surface area contributed by atoms with Gasteiger partial charge in [0.25, 0.3) is 5.91 Å². The number of benzene rings is 2. The molecule has 36 heavy (non-hydrogen) atoms. The van der Waals surface area contributed by atoms with Crippen LogP contribution in [0.3, 0.4) is 0 Å². The quantitative estimate of drug-likeness (QED) is 0.290. The number of carbonyl (C=O) groups excluding carboxylic acids is 1. The summed E-state index contributed by atoms with van der Waals surface area (Å²) in [6.07, 6.45) is 3.84. The Morgan fingerprint density at radius 2 is 1.92 bits per heavy atom. The zero-order chi connectivity index (χ0) is 24.5. The van der Waals surface area contributed by atoms with Crippen molar-refractivity contribution in [1.29, 1.82) is 0 Å². The molecule has 2 aromatic carbocycles. The predicted octanol–water partition coefficient (Wildman–Crippen LogP) is 6.04. The van der Waals surface area contributed by atoms with Gasteiger partial charge in [0.2, 0.25) is 0 Å². The highest BCUT2D eigenvalue weighted by Gasteiger charge is 2.16. The number of hydrogen-bond donors (Lipinski definition) is 1. The van der Waals surface area contributed by atoms with Crippen molar-refractivity contribution in [2.45, 2.75) is 6.61 Å². The van der Waals surface area contributed by atoms with Crippen molar-refractivity contribution < 1.29 is 18.7 Å². The van der Waals surface area contributed by atoms with Gasteiger partial charge in [0.1, 0.15) is 12.3 Å². The van der Waals surface area contributed by atoms with E-state index in [-0.39, 0.29) is 18.3 Å². The predicted molar refractivity (Wildman–Crippen MR) is 138 cm³/mol. The van der Waals surface area contributed by atoms with Crippen molar-refractivity contribution in [2.24, 2.45) is 0 Å². The minimum Gasteiger partial charge on any atom is -0.493 e. The SMILES string of the molecule is COc1ccc(NC(=O)c2ccc(-c3nc4ccccc4s3)o2)cc1OCc1cn2ccccc2n1. The van der Waals surface area contributed by atoms with E-state index in [0.29, 0.717) is 22.9 Å². The molecule has 0 radical (unpaired) electrons. The number of thiazole rings is 1. The Morgan fingerprint density at radius 3 is 2.78 bits per heavy atom. The number of rotatable bonds is 7. The molecule has 1 N–H and O–H groups in total. The zero-order valence-corrected chi connectivity index (χ0v) is 20.0. The van der Waals surface area contributed by atoms with Gasteiger partial charge >= 0.3 is 0 Å². The first-order valence-corrected chi connectivity index (χ1v) is 12.0. The summed E-state index contributed by atoms with van der Waals surface area (Å²) in [7, 11) is 1.57. The number of carbonyl (C=O) groups is 1. The Morgan fingerprint density at radius 1 is 1.03 bits per heavy atom. The molecule has 0 saturated heterocycles. The van der Waals surface area contributed by atoms with Crippen LogP contribution >= 0.6 is 11.3 Å². The van der Waals surface area contributed by atoms with Crippen LogP contribution in [0.25, 0.3) is 26.6 Å². The fourth-order valence-corrected chi connectivity index (χ4v) is 4.75. The van der Waals surface area contributed by atoms with E-state index in [0.717, 1.165) is 26.6 Å². The fraction of sp³-hybridized carbons (Fsp3) is 0.0741. The lowest BCUT2D eigenvalue weighted by Crippen LogP contribution is -2.11. The molecule has 6 rings (SSSR count). The Bertz CT molecular complexity index is 1630. The van der Waals surface area contributed by atoms with Crippen molar-refractivity contribution in [2.75, 3.05) is 12.4 Å². The van der Waals surface area contributed by atoms with Gasteiger partial charge in [-0.25, -0.2) is 9.97 Å². The third-order valence-corrected chi connectivity index (χ3v) is 6.60. The fourth-order valence-electron chi connectivity index (χ4n) is 3.82. The number of furan rings is 1. The second-order valence-electron chi connectivity index (χ2n) is 7.96. The molecule has 0 fully saturated rings. The van der Waals surface area contributed by atoms with Gasteiger partial charge in [0.15, 0.2) is 28.0 Å². The molecule has 0 atom stereocenters. The Labute approximate surface area is 209 Å². The number of imidazole rings is 1. The normalized spacial score (nSPS) is 11.1. The van der Waals surface area contributed by atoms with Gasteiger partial charge in [-0.05, 0) is 48.5 Å². The highest BCUT2D eigenvalue weighted by molar-refractivity contribution is 7.21. The second-order valence-corrected chi connectivity index (χ2v) is 8.99. The number of fused-ring (bicyclic) bond motifs is 2. The summed E-state index contributed by atoms with van der Waals surface area (Å²) in [4.78, 5) is 22.0. The summed E-state index contributed by atoms with van der Waals surface area (Å²) < 4.78 is 20.2. The Hall–Kier alpha value is -4.63. The van der Waals surface area contributed by atoms with E-state index < -0.39 is 0 Å². The van der Waals surface area contributed by atoms with Crippen LogP contribution in [0.1, 0.15) is 16.2 Å². The smallest absolute Gasteiger partial charge is 0.291 e. The number of amides is 1. The first-order valence-electron chi connectivity index (χ1n) is 11.2. The first-order chi connectivity index (χ1) is 17.7. The number of anilines is 1. The van der Waals surface area contributed by atoms with E-state index in [1.54, 1.807) is 37.4 Å². The minimum absolute atomic E-state index is 0.187. The summed E-state index contributed by atoms with van der Waals surface area (Å²) in [5.74, 6) is 1.40. The van der Waals surface area contributed by atoms with E-state index in [4.69, 9.17) is 13.9 Å². The van der Waals surface area contributed by atoms with E-state index in [1.807, 2.05) is 59.3 Å². The van der Waals surface area contributed by atoms with Crippen LogP contribution in [0.4, 0.5) is 5.69 Å². The molecular formula is C27H20N4O4S. The van der Waals surface area contributed by atoms with E-state index in [2.05, 4.69) is 15.3 Å². The van der Waals surface area contributed by atoms with E-state index in [1.165, 1.54) is 11.3 Å². The molecule has 6 aromatic rings. The molecule has 8 nitrogen and oxygen atoms in total. The summed E-state index contributed by atoms with van der Waals surface area (Å²) in [5.41, 5.74) is 3.06. The number of para-hydroxylation sites is 1. The molecule has 1 amide bonds. The molecular weight excluding hydrogens is 476 g/mol. The third-order valence-electron chi connectivity index (χ3n) is 5.55. The Kier molecular flexibility index (Phi) is 5.59. The minimum atomic E-state index is -0.376. The van der Waals surface area contributed by atoms with Gasteiger partial charge in [0.05, 0.1) is 23.0 Å². The number of methoxy groups -OCH3 is 1. The number of aromatic nitrogens is 3. The first kappa shape index (κ1) is 21.9. The highest BCUT2D eigenvalue weighted by Crippen LogP contribution is 2.33. The molecule has 0 aliphatic carbocycles. The van der Waals surface area contributed by atoms with Crippen LogP contribution in [0.15, 0.2) is 89.6 Å². The van der Waals surface area contributed by atoms with Crippen molar-refractivity contribution in [3.63, 3.8) is 0 Å². The summed E-state index contributed by atoms with van der Waals surface area (Å²) >= 11 is 1.52. The number of nitrogens with one attached hydrogen (secondary N) is 1. The topological polar surface area (TPSA) is 90.9 Å². The molecule has 9 heteroatoms. The molecule has 178 valence electrons. The lowest BCUT2D eigenvalue weighted by atomic mass is 10.2. The van der Waals surface area contributed by atoms with Crippen molar-refractivity contribution >= 4 is 38.8 Å². The highest BCUT2D eigenvalue weighted by atomic mass is 32.1. The van der Waals surface area contributed by atoms with E-state index in [9.17, 15) is 4.79 Å². The van der Waals surface area contributed by atoms with Gasteiger partial charge in [-0.15, -0.1) is 11.3 Å². The largest absolute Gasteiger partial charge is 0.493 e. The molecule has 0 bridgehead atoms. The number of ether oxygens (including phenoxy) is 2. The average molecular weight is 497 g/mol. The second kappa shape index (κ2) is 9.20. The van der Waals surface area contributed by atoms with Gasteiger partial charge in [-0.2, -0.15) is 0 Å². The van der Waals surface area contributed by atoms with Gasteiger partial charge < -0.3 is 23.6 Å². The lowest BCUT2D eigenvalue weighted by Gasteiger charge is -2.12. The van der Waals surface area contributed by atoms with Crippen LogP contribution in [-0.2, 0) is 6.61 Å². The van der Waals surface area contributed by atoms with Gasteiger partial charge in [0, 0.05) is 24.1 Å². The summed E-state index contributed by atoms with van der Waals surface area (Å²) in [5, 5.41) is 3.58. The maximum atomic E-state index is 12.9. The standard InChI is InChI=1S/C27H20N4O4S/c1-33-20-10-9-17(14-23(20)34-16-18-15-31-13-5-4-8-25(31)28-18)29-26(32)21-11-12-22(35-21)27-30-19-6-2-3-7-24(19)36-27/h2-15H,16H2,1H3,(H,29,32). The van der Waals surface area contributed by atoms with Crippen LogP contribution in [0.5, 0.6) is 11.5 Å². The maximum Gasteiger partial charge on any atom is 0.291 e. The molecule has 0 aliphatic rings. The van der Waals surface area contributed by atoms with E-state index >= 15 is 0 Å². The summed E-state index contributed by atoms with van der Waals surface area (Å²) in [6, 6.07) is 22.3. The average Bonchev–Trinajstić information content (AvgIpc) is 3.65. The number of hydrogen-bond acceptors (Lipinski definition) is 7. The van der Waals surface area contributed by atoms with Crippen LogP contribution in [0.2, 0.25) is 0 Å². The molecule has 0 unspecified atom stereocenters. The molecule has 0 aliphatic heterocycles. The molecule has 4 aromatic heterocycles. The summed E-state index contributed by atoms with van der Waals surface area (Å²) in [6.45, 7) is 0.249. The molecule has 0 spiro atoms. The van der Waals surface area contributed by atoms with Crippen LogP contribution in [-0.4, -0.2) is 27.4 Å². The van der Waals surface area contributed by atoms with Crippen molar-refractivity contribution in [1.82, 2.24) is 14.4 Å². The van der Waals surface area contributed by atoms with Crippen molar-refractivity contribution in [3.8, 4) is 22.3 Å². The number of nitrogens with zero attached hydrogens (tertiary/aromatic N) is 3. The van der Waals surface area contributed by atoms with Crippen molar-refractivity contribution in [3.05, 3.63) is 96.6 Å². The monoisotopic (exact) mass is 496 g/mol. The lowest BCUT2D eigenvalue weighted by molar-refractivity contribution is 0.0997. The van der Waals surface area contributed by atoms with Gasteiger partial charge in [-0.3, -0.25) is 4.79 Å². The van der Waals surface area contributed by atoms with Crippen LogP contribution in [0, 0.1) is 0 Å². The zero-order valence-electron chi connectivity index (χ0n) is 19.2. The van der Waals surface area contributed by atoms with Crippen LogP contribution < -0.4 is 14.8 Å². The Balaban J connectivity index is 1.17.